The molecule has 21 heavy (non-hydrogen) atoms. The van der Waals surface area contributed by atoms with Gasteiger partial charge in [0.05, 0.1) is 0 Å². The molecule has 116 valence electrons. The van der Waals surface area contributed by atoms with Crippen LogP contribution in [0.2, 0.25) is 5.02 Å². The number of benzene rings is 1. The average Bonchev–Trinajstić information content (AvgIpc) is 2.43. The van der Waals surface area contributed by atoms with Crippen molar-refractivity contribution in [2.45, 2.75) is 32.2 Å². The predicted molar refractivity (Wildman–Crippen MR) is 86.0 cm³/mol. The summed E-state index contributed by atoms with van der Waals surface area (Å²) in [5.74, 6) is -0.173. The van der Waals surface area contributed by atoms with Gasteiger partial charge in [-0.25, -0.2) is 4.79 Å². The zero-order chi connectivity index (χ0) is 15.5. The number of nitrogens with zero attached hydrogens (tertiary/aromatic N) is 1. The predicted octanol–water partition coefficient (Wildman–Crippen LogP) is 3.33. The minimum absolute atomic E-state index is 0.603. The van der Waals surface area contributed by atoms with Crippen LogP contribution in [0.25, 0.3) is 0 Å². The molecule has 0 aliphatic carbocycles. The van der Waals surface area contributed by atoms with E-state index in [1.165, 1.54) is 0 Å². The van der Waals surface area contributed by atoms with Crippen LogP contribution < -0.4 is 5.32 Å². The van der Waals surface area contributed by atoms with Gasteiger partial charge in [0.15, 0.2) is 0 Å². The number of carboxylic acid groups (broad SMARTS) is 1. The van der Waals surface area contributed by atoms with Gasteiger partial charge >= 0.3 is 5.97 Å². The van der Waals surface area contributed by atoms with Crippen molar-refractivity contribution < 1.29 is 9.90 Å². The summed E-state index contributed by atoms with van der Waals surface area (Å²) in [5, 5.41) is 13.5. The minimum atomic E-state index is -0.874. The van der Waals surface area contributed by atoms with E-state index in [-0.39, 0.29) is 0 Å². The molecule has 0 spiro atoms. The maximum absolute atomic E-state index is 11.8. The normalized spacial score (nSPS) is 18.7. The molecule has 0 saturated carbocycles. The van der Waals surface area contributed by atoms with Gasteiger partial charge in [0.2, 0.25) is 0 Å². The number of rotatable bonds is 5. The molecule has 1 aromatic carbocycles. The molecular weight excluding hydrogens is 288 g/mol. The number of hydrogen-bond acceptors (Lipinski definition) is 3. The number of carboxylic acids is 1. The van der Waals surface area contributed by atoms with E-state index in [1.54, 1.807) is 12.1 Å². The molecule has 0 bridgehead atoms. The Hall–Kier alpha value is -1.26. The van der Waals surface area contributed by atoms with Crippen LogP contribution in [0.5, 0.6) is 0 Å². The Bertz CT molecular complexity index is 480. The topological polar surface area (TPSA) is 52.6 Å². The van der Waals surface area contributed by atoms with Crippen molar-refractivity contribution in [3.8, 4) is 0 Å². The number of nitrogens with one attached hydrogen (secondary N) is 1. The number of halogens is 1. The second kappa shape index (κ2) is 6.67. The van der Waals surface area contributed by atoms with Crippen molar-refractivity contribution in [1.29, 1.82) is 0 Å². The zero-order valence-electron chi connectivity index (χ0n) is 12.6. The Morgan fingerprint density at radius 3 is 2.38 bits per heavy atom. The van der Waals surface area contributed by atoms with Gasteiger partial charge in [-0.1, -0.05) is 25.4 Å². The lowest BCUT2D eigenvalue weighted by Crippen LogP contribution is -2.54. The maximum Gasteiger partial charge on any atom is 0.329 e. The average molecular weight is 311 g/mol. The third-order valence-corrected chi connectivity index (χ3v) is 4.22. The molecule has 4 nitrogen and oxygen atoms in total. The zero-order valence-corrected chi connectivity index (χ0v) is 13.4. The van der Waals surface area contributed by atoms with Gasteiger partial charge in [-0.15, -0.1) is 0 Å². The molecule has 1 aromatic rings. The quantitative estimate of drug-likeness (QED) is 0.876. The van der Waals surface area contributed by atoms with Gasteiger partial charge in [0.25, 0.3) is 0 Å². The molecule has 0 atom stereocenters. The molecule has 0 aromatic heterocycles. The molecule has 1 aliphatic heterocycles. The molecular formula is C16H23ClN2O2. The Kier molecular flexibility index (Phi) is 5.12. The molecule has 2 N–H and O–H groups in total. The van der Waals surface area contributed by atoms with E-state index in [0.717, 1.165) is 25.3 Å². The second-order valence-electron chi connectivity index (χ2n) is 6.21. The van der Waals surface area contributed by atoms with Gasteiger partial charge < -0.3 is 15.3 Å². The summed E-state index contributed by atoms with van der Waals surface area (Å²) in [6, 6.07) is 7.20. The van der Waals surface area contributed by atoms with Crippen molar-refractivity contribution in [2.24, 2.45) is 5.92 Å². The summed E-state index contributed by atoms with van der Waals surface area (Å²) >= 11 is 5.87. The number of hydrogen-bond donors (Lipinski definition) is 2. The van der Waals surface area contributed by atoms with Gasteiger partial charge in [-0.3, -0.25) is 0 Å². The third-order valence-electron chi connectivity index (χ3n) is 3.97. The van der Waals surface area contributed by atoms with Gasteiger partial charge in [-0.2, -0.15) is 0 Å². The molecule has 1 heterocycles. The highest BCUT2D eigenvalue weighted by molar-refractivity contribution is 6.30. The smallest absolute Gasteiger partial charge is 0.329 e. The standard InChI is InChI=1S/C16H23ClN2O2/c1-12(2)11-19-9-7-16(8-10-19,15(20)21)18-14-5-3-13(17)4-6-14/h3-6,12,18H,7-11H2,1-2H3,(H,20,21). The number of anilines is 1. The Labute approximate surface area is 131 Å². The van der Waals surface area contributed by atoms with Gasteiger partial charge in [-0.05, 0) is 43.0 Å². The Balaban J connectivity index is 2.05. The number of likely N-dealkylation sites (tertiary alicyclic amines) is 1. The van der Waals surface area contributed by atoms with Crippen molar-refractivity contribution in [3.05, 3.63) is 29.3 Å². The molecule has 5 heteroatoms. The second-order valence-corrected chi connectivity index (χ2v) is 6.65. The van der Waals surface area contributed by atoms with Crippen LogP contribution in [0.15, 0.2) is 24.3 Å². The van der Waals surface area contributed by atoms with Crippen LogP contribution >= 0.6 is 11.6 Å². The highest BCUT2D eigenvalue weighted by atomic mass is 35.5. The first-order valence-electron chi connectivity index (χ1n) is 7.41. The number of piperidine rings is 1. The van der Waals surface area contributed by atoms with Crippen LogP contribution in [0, 0.1) is 5.92 Å². The first-order chi connectivity index (χ1) is 9.91. The summed E-state index contributed by atoms with van der Waals surface area (Å²) in [6.45, 7) is 7.02. The van der Waals surface area contributed by atoms with E-state index in [9.17, 15) is 9.90 Å². The lowest BCUT2D eigenvalue weighted by atomic mass is 9.86. The minimum Gasteiger partial charge on any atom is -0.480 e. The fraction of sp³-hybridized carbons (Fsp3) is 0.562. The lowest BCUT2D eigenvalue weighted by Gasteiger charge is -2.40. The molecule has 1 aliphatic rings. The lowest BCUT2D eigenvalue weighted by molar-refractivity contribution is -0.144. The van der Waals surface area contributed by atoms with Crippen molar-refractivity contribution in [3.63, 3.8) is 0 Å². The largest absolute Gasteiger partial charge is 0.480 e. The van der Waals surface area contributed by atoms with Gasteiger partial charge in [0, 0.05) is 30.3 Å². The Morgan fingerprint density at radius 1 is 1.33 bits per heavy atom. The van der Waals surface area contributed by atoms with E-state index >= 15 is 0 Å². The van der Waals surface area contributed by atoms with Crippen LogP contribution in [-0.4, -0.2) is 41.1 Å². The first kappa shape index (κ1) is 16.1. The molecule has 1 fully saturated rings. The number of carbonyl (C=O) groups is 1. The van der Waals surface area contributed by atoms with Gasteiger partial charge in [0.1, 0.15) is 5.54 Å². The highest BCUT2D eigenvalue weighted by Crippen LogP contribution is 2.28. The fourth-order valence-corrected chi connectivity index (χ4v) is 2.96. The van der Waals surface area contributed by atoms with Crippen LogP contribution in [0.4, 0.5) is 5.69 Å². The molecule has 0 radical (unpaired) electrons. The summed E-state index contributed by atoms with van der Waals surface area (Å²) in [4.78, 5) is 14.1. The maximum atomic E-state index is 11.8. The molecule has 1 saturated heterocycles. The van der Waals surface area contributed by atoms with Crippen molar-refractivity contribution >= 4 is 23.3 Å². The number of aliphatic carboxylic acids is 1. The summed E-state index contributed by atoms with van der Waals surface area (Å²) in [7, 11) is 0. The van der Waals surface area contributed by atoms with Crippen LogP contribution in [0.1, 0.15) is 26.7 Å². The van der Waals surface area contributed by atoms with Crippen molar-refractivity contribution in [1.82, 2.24) is 4.90 Å². The summed E-state index contributed by atoms with van der Waals surface area (Å²) in [5.41, 5.74) is -0.0690. The SMILES string of the molecule is CC(C)CN1CCC(Nc2ccc(Cl)cc2)(C(=O)O)CC1. The van der Waals surface area contributed by atoms with E-state index < -0.39 is 11.5 Å². The van der Waals surface area contributed by atoms with E-state index in [4.69, 9.17) is 11.6 Å². The fourth-order valence-electron chi connectivity index (χ4n) is 2.84. The molecule has 0 unspecified atom stereocenters. The summed E-state index contributed by atoms with van der Waals surface area (Å²) in [6.07, 6.45) is 1.22. The third kappa shape index (κ3) is 4.11. The summed E-state index contributed by atoms with van der Waals surface area (Å²) < 4.78 is 0. The van der Waals surface area contributed by atoms with E-state index in [1.807, 2.05) is 12.1 Å². The first-order valence-corrected chi connectivity index (χ1v) is 7.78. The van der Waals surface area contributed by atoms with E-state index in [0.29, 0.717) is 23.8 Å². The highest BCUT2D eigenvalue weighted by Gasteiger charge is 2.41. The monoisotopic (exact) mass is 310 g/mol. The van der Waals surface area contributed by atoms with E-state index in [2.05, 4.69) is 24.1 Å². The Morgan fingerprint density at radius 2 is 1.90 bits per heavy atom. The van der Waals surface area contributed by atoms with Crippen LogP contribution in [-0.2, 0) is 4.79 Å². The molecule has 0 amide bonds. The van der Waals surface area contributed by atoms with Crippen molar-refractivity contribution in [2.75, 3.05) is 25.0 Å². The van der Waals surface area contributed by atoms with Crippen LogP contribution in [0.3, 0.4) is 0 Å². The molecule has 2 rings (SSSR count).